The predicted octanol–water partition coefficient (Wildman–Crippen LogP) is 2.26. The summed E-state index contributed by atoms with van der Waals surface area (Å²) in [7, 11) is 0. The zero-order valence-corrected chi connectivity index (χ0v) is 16.9. The highest BCUT2D eigenvalue weighted by Crippen LogP contribution is 2.52. The lowest BCUT2D eigenvalue weighted by atomic mass is 9.58. The van der Waals surface area contributed by atoms with Gasteiger partial charge >= 0.3 is 12.1 Å². The molecule has 2 bridgehead atoms. The molecule has 0 spiro atoms. The molecule has 2 fully saturated rings. The fourth-order valence-corrected chi connectivity index (χ4v) is 4.61. The summed E-state index contributed by atoms with van der Waals surface area (Å²) in [6, 6.07) is 2.20. The number of phenols is 1. The van der Waals surface area contributed by atoms with E-state index in [0.717, 1.165) is 6.42 Å². The minimum Gasteiger partial charge on any atom is -0.508 e. The Morgan fingerprint density at radius 3 is 2.33 bits per heavy atom. The Labute approximate surface area is 179 Å². The number of nitrogens with two attached hydrogens (primary N) is 1. The summed E-state index contributed by atoms with van der Waals surface area (Å²) >= 11 is 11.9. The van der Waals surface area contributed by atoms with Crippen LogP contribution in [0.5, 0.6) is 5.75 Å². The number of phenolic OH excluding ortho intramolecular Hbond substituents is 1. The lowest BCUT2D eigenvalue weighted by molar-refractivity contribution is -0.208. The van der Waals surface area contributed by atoms with Crippen molar-refractivity contribution in [3.63, 3.8) is 0 Å². The molecule has 3 unspecified atom stereocenters. The van der Waals surface area contributed by atoms with E-state index in [4.69, 9.17) is 28.9 Å². The second-order valence-electron chi connectivity index (χ2n) is 7.50. The lowest BCUT2D eigenvalue weighted by Crippen LogP contribution is -2.61. The Morgan fingerprint density at radius 1 is 1.23 bits per heavy atom. The molecule has 1 saturated carbocycles. The average Bonchev–Trinajstić information content (AvgIpc) is 2.67. The summed E-state index contributed by atoms with van der Waals surface area (Å²) in [6.45, 7) is -0.710. The van der Waals surface area contributed by atoms with Crippen molar-refractivity contribution >= 4 is 35.1 Å². The van der Waals surface area contributed by atoms with Crippen LogP contribution in [-0.4, -0.2) is 59.0 Å². The van der Waals surface area contributed by atoms with Gasteiger partial charge in [-0.25, -0.2) is 4.79 Å². The molecule has 7 nitrogen and oxygen atoms in total. The normalized spacial score (nSPS) is 25.3. The number of amides is 1. The molecule has 3 rings (SSSR count). The number of piperidine rings is 2. The highest BCUT2D eigenvalue weighted by Gasteiger charge is 2.52. The number of ether oxygens (including phenoxy) is 1. The number of alkyl halides is 3. The number of carbonyl (C=O) groups excluding carboxylic acids is 2. The van der Waals surface area contributed by atoms with Crippen LogP contribution in [-0.2, 0) is 14.3 Å². The van der Waals surface area contributed by atoms with Crippen LogP contribution in [0.3, 0.4) is 0 Å². The van der Waals surface area contributed by atoms with E-state index in [1.807, 2.05) is 0 Å². The Morgan fingerprint density at radius 2 is 1.80 bits per heavy atom. The molecule has 1 aliphatic carbocycles. The Hall–Kier alpha value is -1.75. The highest BCUT2D eigenvalue weighted by atomic mass is 35.5. The highest BCUT2D eigenvalue weighted by molar-refractivity contribution is 6.42. The first kappa shape index (κ1) is 22.9. The minimum atomic E-state index is -5.27. The number of aliphatic hydroxyl groups is 1. The molecule has 12 heteroatoms. The van der Waals surface area contributed by atoms with Gasteiger partial charge in [0.1, 0.15) is 5.75 Å². The van der Waals surface area contributed by atoms with Crippen LogP contribution in [0.15, 0.2) is 12.1 Å². The van der Waals surface area contributed by atoms with E-state index in [-0.39, 0.29) is 46.6 Å². The van der Waals surface area contributed by atoms with E-state index in [0.29, 0.717) is 5.56 Å². The van der Waals surface area contributed by atoms with Crippen LogP contribution in [0, 0.1) is 17.8 Å². The summed E-state index contributed by atoms with van der Waals surface area (Å²) in [6.07, 6.45) is -6.45. The third-order valence-electron chi connectivity index (χ3n) is 5.68. The molecule has 4 atom stereocenters. The standard InChI is InChI=1S/C18H19Cl2F3N2O5/c19-10-2-9(12(27)3-11(10)20)15(24)14-7-1-8(14)5-25(4-7)16(28)13(6-26)30-17(29)18(21,22)23/h2-3,7-8,13-15,26-27H,1,4-6,24H2/t7?,8?,13-,14?,15?/m1/s1. The third-order valence-corrected chi connectivity index (χ3v) is 6.40. The number of nitrogens with zero attached hydrogens (tertiary/aromatic N) is 1. The molecule has 1 heterocycles. The van der Waals surface area contributed by atoms with Crippen LogP contribution >= 0.6 is 23.2 Å². The smallest absolute Gasteiger partial charge is 0.490 e. The van der Waals surface area contributed by atoms with Crippen molar-refractivity contribution in [1.29, 1.82) is 0 Å². The van der Waals surface area contributed by atoms with Crippen LogP contribution < -0.4 is 5.73 Å². The van der Waals surface area contributed by atoms with E-state index >= 15 is 0 Å². The first-order valence-corrected chi connectivity index (χ1v) is 9.80. The molecule has 1 aromatic carbocycles. The maximum atomic E-state index is 12.5. The zero-order chi connectivity index (χ0) is 22.4. The van der Waals surface area contributed by atoms with Gasteiger partial charge in [-0.1, -0.05) is 23.2 Å². The van der Waals surface area contributed by atoms with Gasteiger partial charge < -0.3 is 25.6 Å². The average molecular weight is 471 g/mol. The van der Waals surface area contributed by atoms with E-state index in [2.05, 4.69) is 4.74 Å². The van der Waals surface area contributed by atoms with Crippen molar-refractivity contribution in [3.05, 3.63) is 27.7 Å². The molecule has 1 aromatic rings. The molecule has 1 aliphatic heterocycles. The molecule has 166 valence electrons. The van der Waals surface area contributed by atoms with Gasteiger partial charge in [0, 0.05) is 30.8 Å². The van der Waals surface area contributed by atoms with Crippen molar-refractivity contribution in [2.24, 2.45) is 23.5 Å². The minimum absolute atomic E-state index is 0.0748. The zero-order valence-electron chi connectivity index (χ0n) is 15.4. The van der Waals surface area contributed by atoms with Gasteiger partial charge in [-0.2, -0.15) is 13.2 Å². The maximum absolute atomic E-state index is 12.5. The fourth-order valence-electron chi connectivity index (χ4n) is 4.28. The van der Waals surface area contributed by atoms with Crippen molar-refractivity contribution in [2.45, 2.75) is 24.7 Å². The number of fused-ring (bicyclic) bond motifs is 2. The van der Waals surface area contributed by atoms with Crippen molar-refractivity contribution < 1.29 is 37.7 Å². The van der Waals surface area contributed by atoms with Crippen LogP contribution in [0.2, 0.25) is 10.0 Å². The topological polar surface area (TPSA) is 113 Å². The SMILES string of the molecule is NC(c1cc(Cl)c(Cl)cc1O)C1C2CC1CN(C(=O)[C@@H](CO)OC(=O)C(F)(F)F)C2. The second kappa shape index (κ2) is 8.41. The largest absolute Gasteiger partial charge is 0.508 e. The van der Waals surface area contributed by atoms with Gasteiger partial charge in [0.25, 0.3) is 5.91 Å². The summed E-state index contributed by atoms with van der Waals surface area (Å²) < 4.78 is 41.2. The second-order valence-corrected chi connectivity index (χ2v) is 8.32. The predicted molar refractivity (Wildman–Crippen MR) is 99.7 cm³/mol. The molecule has 30 heavy (non-hydrogen) atoms. The number of esters is 1. The number of hydrogen-bond donors (Lipinski definition) is 3. The first-order valence-electron chi connectivity index (χ1n) is 9.05. The van der Waals surface area contributed by atoms with Gasteiger partial charge in [-0.05, 0) is 30.2 Å². The number of aromatic hydroxyl groups is 1. The summed E-state index contributed by atoms with van der Waals surface area (Å²) in [4.78, 5) is 24.7. The number of rotatable bonds is 5. The maximum Gasteiger partial charge on any atom is 0.490 e. The number of aliphatic hydroxyl groups excluding tert-OH is 1. The van der Waals surface area contributed by atoms with Gasteiger partial charge in [-0.3, -0.25) is 4.79 Å². The van der Waals surface area contributed by atoms with Crippen molar-refractivity contribution in [2.75, 3.05) is 19.7 Å². The van der Waals surface area contributed by atoms with E-state index in [1.165, 1.54) is 17.0 Å². The van der Waals surface area contributed by atoms with Gasteiger partial charge in [-0.15, -0.1) is 0 Å². The van der Waals surface area contributed by atoms with Crippen molar-refractivity contribution in [3.8, 4) is 5.75 Å². The van der Waals surface area contributed by atoms with Crippen LogP contribution in [0.1, 0.15) is 18.0 Å². The summed E-state index contributed by atoms with van der Waals surface area (Å²) in [5, 5.41) is 19.8. The Balaban J connectivity index is 1.67. The molecule has 4 N–H and O–H groups in total. The third kappa shape index (κ3) is 4.32. The molecule has 1 saturated heterocycles. The number of hydrogen-bond acceptors (Lipinski definition) is 6. The molecule has 0 aromatic heterocycles. The van der Waals surface area contributed by atoms with Crippen LogP contribution in [0.4, 0.5) is 13.2 Å². The monoisotopic (exact) mass is 470 g/mol. The number of benzene rings is 1. The van der Waals surface area contributed by atoms with Gasteiger partial charge in [0.15, 0.2) is 0 Å². The van der Waals surface area contributed by atoms with E-state index < -0.39 is 36.8 Å². The summed E-state index contributed by atoms with van der Waals surface area (Å²) in [5.41, 5.74) is 6.75. The number of carbonyl (C=O) groups is 2. The molecular formula is C18H19Cl2F3N2O5. The Bertz CT molecular complexity index is 842. The first-order chi connectivity index (χ1) is 13.9. The van der Waals surface area contributed by atoms with Crippen molar-refractivity contribution in [1.82, 2.24) is 4.90 Å². The molecule has 0 radical (unpaired) electrons. The van der Waals surface area contributed by atoms with Gasteiger partial charge in [0.2, 0.25) is 6.10 Å². The molecular weight excluding hydrogens is 452 g/mol. The number of likely N-dealkylation sites (tertiary alicyclic amines) is 1. The Kier molecular flexibility index (Phi) is 6.43. The van der Waals surface area contributed by atoms with Gasteiger partial charge in [0.05, 0.1) is 16.7 Å². The van der Waals surface area contributed by atoms with E-state index in [1.54, 1.807) is 0 Å². The lowest BCUT2D eigenvalue weighted by Gasteiger charge is -2.56. The van der Waals surface area contributed by atoms with Crippen LogP contribution in [0.25, 0.3) is 0 Å². The molecule has 1 amide bonds. The quantitative estimate of drug-likeness (QED) is 0.568. The number of halogens is 5. The van der Waals surface area contributed by atoms with E-state index in [9.17, 15) is 33.0 Å². The molecule has 2 aliphatic rings. The summed E-state index contributed by atoms with van der Waals surface area (Å²) in [5.74, 6) is -3.78. The fraction of sp³-hybridized carbons (Fsp3) is 0.556.